The summed E-state index contributed by atoms with van der Waals surface area (Å²) >= 11 is 1.50. The second-order valence-electron chi connectivity index (χ2n) is 6.33. The smallest absolute Gasteiger partial charge is 0.263 e. The molecule has 0 bridgehead atoms. The van der Waals surface area contributed by atoms with Crippen LogP contribution in [0.2, 0.25) is 0 Å². The third-order valence-electron chi connectivity index (χ3n) is 4.77. The molecule has 2 aromatic heterocycles. The van der Waals surface area contributed by atoms with Crippen LogP contribution in [0.1, 0.15) is 34.5 Å². The van der Waals surface area contributed by atoms with Crippen molar-refractivity contribution in [3.8, 4) is 0 Å². The van der Waals surface area contributed by atoms with Crippen molar-refractivity contribution in [1.29, 1.82) is 0 Å². The van der Waals surface area contributed by atoms with Crippen LogP contribution in [0.25, 0.3) is 10.2 Å². The molecule has 1 N–H and O–H groups in total. The third kappa shape index (κ3) is 2.98. The number of hydrogen-bond donors (Lipinski definition) is 1. The lowest BCUT2D eigenvalue weighted by atomic mass is 10.1. The van der Waals surface area contributed by atoms with E-state index in [-0.39, 0.29) is 11.5 Å². The molecule has 3 aromatic rings. The van der Waals surface area contributed by atoms with Crippen molar-refractivity contribution in [3.63, 3.8) is 0 Å². The van der Waals surface area contributed by atoms with E-state index >= 15 is 0 Å². The first-order valence-electron chi connectivity index (χ1n) is 8.15. The average Bonchev–Trinajstić information content (AvgIpc) is 2.87. The van der Waals surface area contributed by atoms with E-state index in [0.29, 0.717) is 5.39 Å². The Morgan fingerprint density at radius 3 is 2.64 bits per heavy atom. The monoisotopic (exact) mass is 355 g/mol. The van der Waals surface area contributed by atoms with Crippen LogP contribution < -0.4 is 10.9 Å². The van der Waals surface area contributed by atoms with Crippen molar-refractivity contribution in [2.24, 2.45) is 0 Å². The van der Waals surface area contributed by atoms with Crippen molar-refractivity contribution in [3.05, 3.63) is 56.4 Å². The van der Waals surface area contributed by atoms with Gasteiger partial charge < -0.3 is 5.32 Å². The van der Waals surface area contributed by atoms with Gasteiger partial charge in [0.25, 0.3) is 5.56 Å². The van der Waals surface area contributed by atoms with Crippen LogP contribution in [0.15, 0.2) is 29.3 Å². The Bertz CT molecular complexity index is 1030. The van der Waals surface area contributed by atoms with E-state index in [0.717, 1.165) is 32.1 Å². The second kappa shape index (κ2) is 6.44. The van der Waals surface area contributed by atoms with Crippen LogP contribution in [0.3, 0.4) is 0 Å². The molecule has 0 unspecified atom stereocenters. The topological polar surface area (TPSA) is 64.0 Å². The number of hydrogen-bond acceptors (Lipinski definition) is 4. The Labute approximate surface area is 150 Å². The minimum atomic E-state index is -0.649. The second-order valence-corrected chi connectivity index (χ2v) is 7.54. The molecule has 0 aliphatic rings. The van der Waals surface area contributed by atoms with Crippen molar-refractivity contribution < 1.29 is 4.79 Å². The van der Waals surface area contributed by atoms with Gasteiger partial charge in [-0.3, -0.25) is 14.2 Å². The van der Waals surface area contributed by atoms with Crippen molar-refractivity contribution >= 4 is 33.1 Å². The average molecular weight is 355 g/mol. The molecule has 0 aliphatic carbocycles. The van der Waals surface area contributed by atoms with Gasteiger partial charge in [0, 0.05) is 10.6 Å². The lowest BCUT2D eigenvalue weighted by molar-refractivity contribution is -0.118. The van der Waals surface area contributed by atoms with Crippen molar-refractivity contribution in [2.45, 2.75) is 40.7 Å². The summed E-state index contributed by atoms with van der Waals surface area (Å²) < 4.78 is 1.40. The number of amides is 1. The van der Waals surface area contributed by atoms with E-state index in [1.165, 1.54) is 22.2 Å². The molecule has 1 amide bonds. The highest BCUT2D eigenvalue weighted by atomic mass is 32.1. The minimum absolute atomic E-state index is 0.171. The Hall–Kier alpha value is -2.47. The van der Waals surface area contributed by atoms with Crippen LogP contribution in [-0.2, 0) is 4.79 Å². The Morgan fingerprint density at radius 2 is 1.92 bits per heavy atom. The van der Waals surface area contributed by atoms with Gasteiger partial charge in [-0.15, -0.1) is 11.3 Å². The molecule has 0 aliphatic heterocycles. The van der Waals surface area contributed by atoms with Crippen molar-refractivity contribution in [2.75, 3.05) is 5.32 Å². The molecule has 1 atom stereocenters. The predicted molar refractivity (Wildman–Crippen MR) is 103 cm³/mol. The number of benzene rings is 1. The van der Waals surface area contributed by atoms with Gasteiger partial charge in [-0.1, -0.05) is 12.1 Å². The highest BCUT2D eigenvalue weighted by Gasteiger charge is 2.20. The lowest BCUT2D eigenvalue weighted by Crippen LogP contribution is -2.32. The molecule has 0 saturated heterocycles. The maximum atomic E-state index is 12.8. The molecule has 0 saturated carbocycles. The fourth-order valence-electron chi connectivity index (χ4n) is 2.77. The van der Waals surface area contributed by atoms with Gasteiger partial charge in [-0.25, -0.2) is 4.98 Å². The number of nitrogens with one attached hydrogen (secondary N) is 1. The number of carbonyl (C=O) groups is 1. The van der Waals surface area contributed by atoms with E-state index < -0.39 is 6.04 Å². The van der Waals surface area contributed by atoms with Crippen LogP contribution in [0.5, 0.6) is 0 Å². The zero-order chi connectivity index (χ0) is 18.3. The van der Waals surface area contributed by atoms with Gasteiger partial charge in [0.1, 0.15) is 10.9 Å². The first-order valence-corrected chi connectivity index (χ1v) is 8.96. The number of rotatable bonds is 3. The van der Waals surface area contributed by atoms with Crippen molar-refractivity contribution in [1.82, 2.24) is 9.55 Å². The largest absolute Gasteiger partial charge is 0.324 e. The summed E-state index contributed by atoms with van der Waals surface area (Å²) in [5, 5.41) is 3.53. The van der Waals surface area contributed by atoms with E-state index in [1.807, 2.05) is 45.9 Å². The number of fused-ring (bicyclic) bond motifs is 1. The zero-order valence-corrected chi connectivity index (χ0v) is 15.8. The molecule has 25 heavy (non-hydrogen) atoms. The number of aryl methyl sites for hydroxylation is 3. The molecule has 0 radical (unpaired) electrons. The normalized spacial score (nSPS) is 12.4. The van der Waals surface area contributed by atoms with Gasteiger partial charge in [-0.05, 0) is 57.4 Å². The Balaban J connectivity index is 1.96. The van der Waals surface area contributed by atoms with Gasteiger partial charge in [-0.2, -0.15) is 0 Å². The fraction of sp³-hybridized carbons (Fsp3) is 0.316. The molecule has 3 rings (SSSR count). The summed E-state index contributed by atoms with van der Waals surface area (Å²) in [7, 11) is 0. The van der Waals surface area contributed by atoms with E-state index in [9.17, 15) is 9.59 Å². The van der Waals surface area contributed by atoms with Gasteiger partial charge >= 0.3 is 0 Å². The van der Waals surface area contributed by atoms with E-state index in [2.05, 4.69) is 10.3 Å². The molecular weight excluding hydrogens is 334 g/mol. The SMILES string of the molecule is Cc1cccc(NC(=O)[C@H](C)n2cnc3sc(C)c(C)c3c2=O)c1C. The Morgan fingerprint density at radius 1 is 1.20 bits per heavy atom. The van der Waals surface area contributed by atoms with Gasteiger partial charge in [0.2, 0.25) is 5.91 Å². The number of carbonyl (C=O) groups excluding carboxylic acids is 1. The number of aromatic nitrogens is 2. The summed E-state index contributed by atoms with van der Waals surface area (Å²) in [4.78, 5) is 31.7. The van der Waals surface area contributed by atoms with Gasteiger partial charge in [0.05, 0.1) is 11.7 Å². The molecule has 5 nitrogen and oxygen atoms in total. The van der Waals surface area contributed by atoms with Crippen LogP contribution in [0, 0.1) is 27.7 Å². The maximum Gasteiger partial charge on any atom is 0.263 e. The summed E-state index contributed by atoms with van der Waals surface area (Å²) in [5.74, 6) is -0.235. The van der Waals surface area contributed by atoms with Crippen LogP contribution >= 0.6 is 11.3 Å². The van der Waals surface area contributed by atoms with Crippen LogP contribution in [0.4, 0.5) is 5.69 Å². The molecule has 0 fully saturated rings. The van der Waals surface area contributed by atoms with Gasteiger partial charge in [0.15, 0.2) is 0 Å². The lowest BCUT2D eigenvalue weighted by Gasteiger charge is -2.16. The zero-order valence-electron chi connectivity index (χ0n) is 15.0. The van der Waals surface area contributed by atoms with Crippen LogP contribution in [-0.4, -0.2) is 15.5 Å². The molecule has 2 heterocycles. The molecule has 0 spiro atoms. The molecule has 6 heteroatoms. The first kappa shape index (κ1) is 17.4. The Kier molecular flexibility index (Phi) is 4.47. The number of thiophene rings is 1. The minimum Gasteiger partial charge on any atom is -0.324 e. The third-order valence-corrected chi connectivity index (χ3v) is 5.89. The summed E-state index contributed by atoms with van der Waals surface area (Å²) in [6.45, 7) is 9.57. The molecule has 1 aromatic carbocycles. The summed E-state index contributed by atoms with van der Waals surface area (Å²) in [5.41, 5.74) is 3.66. The molecular formula is C19H21N3O2S. The number of nitrogens with zero attached hydrogens (tertiary/aromatic N) is 2. The van der Waals surface area contributed by atoms with E-state index in [4.69, 9.17) is 0 Å². The highest BCUT2D eigenvalue weighted by molar-refractivity contribution is 7.18. The summed E-state index contributed by atoms with van der Waals surface area (Å²) in [6.07, 6.45) is 1.47. The predicted octanol–water partition coefficient (Wildman–Crippen LogP) is 3.89. The first-order chi connectivity index (χ1) is 11.8. The quantitative estimate of drug-likeness (QED) is 0.775. The standard InChI is InChI=1S/C19H21N3O2S/c1-10-7-6-8-15(11(10)2)21-17(23)13(4)22-9-20-18-16(19(22)24)12(3)14(5)25-18/h6-9,13H,1-5H3,(H,21,23)/t13-/m0/s1. The molecule has 130 valence electrons. The maximum absolute atomic E-state index is 12.8. The van der Waals surface area contributed by atoms with E-state index in [1.54, 1.807) is 6.92 Å². The summed E-state index contributed by atoms with van der Waals surface area (Å²) in [6, 6.07) is 5.12. The highest BCUT2D eigenvalue weighted by Crippen LogP contribution is 2.26. The fourth-order valence-corrected chi connectivity index (χ4v) is 3.76. The number of anilines is 1.